The summed E-state index contributed by atoms with van der Waals surface area (Å²) in [5, 5.41) is 0. The summed E-state index contributed by atoms with van der Waals surface area (Å²) >= 11 is 0. The second-order valence-electron chi connectivity index (χ2n) is 7.00. The fourth-order valence-electron chi connectivity index (χ4n) is 3.86. The number of piperidine rings is 1. The topological polar surface area (TPSA) is 66.0 Å². The monoisotopic (exact) mass is 360 g/mol. The van der Waals surface area contributed by atoms with Crippen LogP contribution in [0, 0.1) is 6.92 Å². The van der Waals surface area contributed by atoms with E-state index in [1.54, 1.807) is 4.90 Å². The molecule has 0 bridgehead atoms. The Morgan fingerprint density at radius 3 is 2.73 bits per heavy atom. The molecule has 1 atom stereocenters. The number of methoxy groups -OCH3 is 1. The Bertz CT molecular complexity index is 651. The van der Waals surface area contributed by atoms with Gasteiger partial charge < -0.3 is 14.5 Å². The first-order valence-corrected chi connectivity index (χ1v) is 9.41. The predicted molar refractivity (Wildman–Crippen MR) is 99.1 cm³/mol. The van der Waals surface area contributed by atoms with E-state index in [1.807, 2.05) is 24.1 Å². The van der Waals surface area contributed by atoms with Crippen LogP contribution in [0.2, 0.25) is 0 Å². The number of anilines is 1. The summed E-state index contributed by atoms with van der Waals surface area (Å²) in [6, 6.07) is 3.72. The highest BCUT2D eigenvalue weighted by molar-refractivity contribution is 5.86. The van der Waals surface area contributed by atoms with Gasteiger partial charge in [-0.1, -0.05) is 0 Å². The number of hydrogen-bond donors (Lipinski definition) is 0. The standard InChI is InChI=1S/C19H28N4O3/c1-15-14-16(7-8-20-15)21-9-5-10-22(13-12-21)18(24)17-6-3-4-11-23(17)19(25)26-2/h7-8,14,17H,3-6,9-13H2,1-2H3/t17-/m1/s1. The number of ether oxygens (including phenoxy) is 1. The average molecular weight is 360 g/mol. The molecule has 0 saturated carbocycles. The molecule has 142 valence electrons. The highest BCUT2D eigenvalue weighted by Crippen LogP contribution is 2.22. The number of pyridine rings is 1. The lowest BCUT2D eigenvalue weighted by atomic mass is 10.0. The summed E-state index contributed by atoms with van der Waals surface area (Å²) < 4.78 is 4.87. The molecule has 2 aliphatic heterocycles. The highest BCUT2D eigenvalue weighted by atomic mass is 16.5. The van der Waals surface area contributed by atoms with Gasteiger partial charge in [0.2, 0.25) is 5.91 Å². The molecule has 26 heavy (non-hydrogen) atoms. The molecule has 0 N–H and O–H groups in total. The molecule has 1 aromatic rings. The molecule has 7 heteroatoms. The van der Waals surface area contributed by atoms with Gasteiger partial charge in [0.15, 0.2) is 0 Å². The minimum atomic E-state index is -0.397. The summed E-state index contributed by atoms with van der Waals surface area (Å²) in [7, 11) is 1.37. The largest absolute Gasteiger partial charge is 0.453 e. The van der Waals surface area contributed by atoms with E-state index in [1.165, 1.54) is 7.11 Å². The zero-order valence-corrected chi connectivity index (χ0v) is 15.7. The minimum absolute atomic E-state index is 0.0582. The number of rotatable bonds is 2. The van der Waals surface area contributed by atoms with Crippen LogP contribution in [0.1, 0.15) is 31.4 Å². The van der Waals surface area contributed by atoms with E-state index in [0.717, 1.165) is 56.7 Å². The summed E-state index contributed by atoms with van der Waals surface area (Å²) in [5.41, 5.74) is 2.15. The first-order chi connectivity index (χ1) is 12.6. The van der Waals surface area contributed by atoms with E-state index in [0.29, 0.717) is 13.1 Å². The molecule has 0 aliphatic carbocycles. The van der Waals surface area contributed by atoms with Gasteiger partial charge in [-0.2, -0.15) is 0 Å². The molecule has 0 spiro atoms. The summed E-state index contributed by atoms with van der Waals surface area (Å²) in [6.07, 6.45) is 4.96. The maximum absolute atomic E-state index is 13.1. The normalized spacial score (nSPS) is 21.3. The lowest BCUT2D eigenvalue weighted by molar-refractivity contribution is -0.137. The van der Waals surface area contributed by atoms with Crippen molar-refractivity contribution in [3.05, 3.63) is 24.0 Å². The Kier molecular flexibility index (Phi) is 5.96. The third-order valence-corrected chi connectivity index (χ3v) is 5.25. The van der Waals surface area contributed by atoms with Crippen molar-refractivity contribution in [1.82, 2.24) is 14.8 Å². The predicted octanol–water partition coefficient (Wildman–Crippen LogP) is 2.05. The fourth-order valence-corrected chi connectivity index (χ4v) is 3.86. The number of hydrogen-bond acceptors (Lipinski definition) is 5. The molecule has 2 aliphatic rings. The Labute approximate surface area is 154 Å². The zero-order valence-electron chi connectivity index (χ0n) is 15.7. The van der Waals surface area contributed by atoms with Crippen molar-refractivity contribution in [3.63, 3.8) is 0 Å². The third kappa shape index (κ3) is 4.08. The van der Waals surface area contributed by atoms with E-state index >= 15 is 0 Å². The van der Waals surface area contributed by atoms with Crippen molar-refractivity contribution in [2.75, 3.05) is 44.7 Å². The van der Waals surface area contributed by atoms with Gasteiger partial charge in [-0.25, -0.2) is 4.79 Å². The van der Waals surface area contributed by atoms with Crippen molar-refractivity contribution in [3.8, 4) is 0 Å². The van der Waals surface area contributed by atoms with E-state index in [9.17, 15) is 9.59 Å². The maximum Gasteiger partial charge on any atom is 0.410 e. The molecule has 0 aromatic carbocycles. The quantitative estimate of drug-likeness (QED) is 0.808. The van der Waals surface area contributed by atoms with Crippen molar-refractivity contribution in [2.45, 2.75) is 38.6 Å². The summed E-state index contributed by atoms with van der Waals surface area (Å²) in [6.45, 7) is 5.69. The smallest absolute Gasteiger partial charge is 0.410 e. The zero-order chi connectivity index (χ0) is 18.5. The molecule has 2 amide bonds. The summed E-state index contributed by atoms with van der Waals surface area (Å²) in [4.78, 5) is 35.2. The molecule has 2 saturated heterocycles. The molecule has 3 heterocycles. The second-order valence-corrected chi connectivity index (χ2v) is 7.00. The lowest BCUT2D eigenvalue weighted by Crippen LogP contribution is -2.53. The van der Waals surface area contributed by atoms with Crippen LogP contribution in [-0.2, 0) is 9.53 Å². The number of amides is 2. The van der Waals surface area contributed by atoms with Crippen molar-refractivity contribution < 1.29 is 14.3 Å². The Hall–Kier alpha value is -2.31. The molecular weight excluding hydrogens is 332 g/mol. The number of carbonyl (C=O) groups excluding carboxylic acids is 2. The summed E-state index contributed by atoms with van der Waals surface area (Å²) in [5.74, 6) is 0.0582. The van der Waals surface area contributed by atoms with E-state index in [4.69, 9.17) is 4.74 Å². The van der Waals surface area contributed by atoms with Gasteiger partial charge in [0.25, 0.3) is 0 Å². The minimum Gasteiger partial charge on any atom is -0.453 e. The number of aromatic nitrogens is 1. The van der Waals surface area contributed by atoms with Crippen LogP contribution in [0.3, 0.4) is 0 Å². The number of carbonyl (C=O) groups is 2. The molecule has 2 fully saturated rings. The second kappa shape index (κ2) is 8.38. The SMILES string of the molecule is COC(=O)N1CCCC[C@@H]1C(=O)N1CCCN(c2ccnc(C)c2)CC1. The van der Waals surface area contributed by atoms with Crippen LogP contribution < -0.4 is 4.90 Å². The highest BCUT2D eigenvalue weighted by Gasteiger charge is 2.35. The van der Waals surface area contributed by atoms with Crippen molar-refractivity contribution in [1.29, 1.82) is 0 Å². The Morgan fingerprint density at radius 2 is 1.96 bits per heavy atom. The van der Waals surface area contributed by atoms with E-state index in [-0.39, 0.29) is 11.9 Å². The number of likely N-dealkylation sites (tertiary alicyclic amines) is 1. The van der Waals surface area contributed by atoms with Gasteiger partial charge >= 0.3 is 6.09 Å². The van der Waals surface area contributed by atoms with Crippen LogP contribution in [0.5, 0.6) is 0 Å². The lowest BCUT2D eigenvalue weighted by Gasteiger charge is -2.36. The molecule has 0 unspecified atom stereocenters. The van der Waals surface area contributed by atoms with Crippen molar-refractivity contribution >= 4 is 17.7 Å². The van der Waals surface area contributed by atoms with Crippen molar-refractivity contribution in [2.24, 2.45) is 0 Å². The first kappa shape index (κ1) is 18.5. The molecule has 7 nitrogen and oxygen atoms in total. The van der Waals surface area contributed by atoms with Gasteiger partial charge in [0, 0.05) is 50.3 Å². The molecular formula is C19H28N4O3. The van der Waals surface area contributed by atoms with Crippen LogP contribution >= 0.6 is 0 Å². The Balaban J connectivity index is 1.66. The maximum atomic E-state index is 13.1. The molecule has 0 radical (unpaired) electrons. The van der Waals surface area contributed by atoms with E-state index in [2.05, 4.69) is 16.0 Å². The third-order valence-electron chi connectivity index (χ3n) is 5.25. The fraction of sp³-hybridized carbons (Fsp3) is 0.632. The van der Waals surface area contributed by atoms with Gasteiger partial charge in [0.05, 0.1) is 7.11 Å². The van der Waals surface area contributed by atoms with Gasteiger partial charge in [0.1, 0.15) is 6.04 Å². The molecule has 1 aromatic heterocycles. The first-order valence-electron chi connectivity index (χ1n) is 9.41. The van der Waals surface area contributed by atoms with Gasteiger partial charge in [-0.3, -0.25) is 14.7 Å². The molecule has 3 rings (SSSR count). The van der Waals surface area contributed by atoms with E-state index < -0.39 is 6.09 Å². The number of aryl methyl sites for hydroxylation is 1. The van der Waals surface area contributed by atoms with Crippen LogP contribution in [0.4, 0.5) is 10.5 Å². The van der Waals surface area contributed by atoms with Crippen LogP contribution in [0.25, 0.3) is 0 Å². The average Bonchev–Trinajstić information content (AvgIpc) is 2.93. The van der Waals surface area contributed by atoms with Gasteiger partial charge in [-0.15, -0.1) is 0 Å². The van der Waals surface area contributed by atoms with Gasteiger partial charge in [-0.05, 0) is 44.7 Å². The number of nitrogens with zero attached hydrogens (tertiary/aromatic N) is 4. The van der Waals surface area contributed by atoms with Crippen LogP contribution in [-0.4, -0.2) is 72.7 Å². The van der Waals surface area contributed by atoms with Crippen LogP contribution in [0.15, 0.2) is 18.3 Å². The Morgan fingerprint density at radius 1 is 1.12 bits per heavy atom.